The third-order valence-electron chi connectivity index (χ3n) is 5.33. The lowest BCUT2D eigenvalue weighted by molar-refractivity contribution is -0.0513. The first kappa shape index (κ1) is 17.6. The lowest BCUT2D eigenvalue weighted by atomic mass is 9.94. The zero-order chi connectivity index (χ0) is 16.7. The Hall–Kier alpha value is -0.210. The zero-order valence-electron chi connectivity index (χ0n) is 14.5. The van der Waals surface area contributed by atoms with Crippen molar-refractivity contribution < 1.29 is 17.9 Å². The molecule has 134 valence electrons. The molecule has 1 aliphatic carbocycles. The van der Waals surface area contributed by atoms with Gasteiger partial charge in [-0.2, -0.15) is 4.31 Å². The Balaban J connectivity index is 1.66. The number of hydrogen-bond acceptors (Lipinski definition) is 5. The van der Waals surface area contributed by atoms with E-state index in [1.54, 1.807) is 4.31 Å². The van der Waals surface area contributed by atoms with Gasteiger partial charge < -0.3 is 14.4 Å². The maximum Gasteiger partial charge on any atom is 0.217 e. The van der Waals surface area contributed by atoms with Crippen LogP contribution in [0.4, 0.5) is 0 Å². The molecule has 0 aromatic carbocycles. The van der Waals surface area contributed by atoms with Gasteiger partial charge in [-0.3, -0.25) is 0 Å². The number of nitrogens with zero attached hydrogens (tertiary/aromatic N) is 2. The van der Waals surface area contributed by atoms with Gasteiger partial charge in [0, 0.05) is 25.7 Å². The monoisotopic (exact) mass is 346 g/mol. The summed E-state index contributed by atoms with van der Waals surface area (Å²) in [4.78, 5) is 2.32. The summed E-state index contributed by atoms with van der Waals surface area (Å²) in [6.07, 6.45) is 2.48. The summed E-state index contributed by atoms with van der Waals surface area (Å²) in [5.41, 5.74) is -0.457. The first-order valence-electron chi connectivity index (χ1n) is 8.73. The van der Waals surface area contributed by atoms with Crippen molar-refractivity contribution in [1.82, 2.24) is 9.21 Å². The summed E-state index contributed by atoms with van der Waals surface area (Å²) < 4.78 is 38.7. The van der Waals surface area contributed by atoms with Gasteiger partial charge in [0.2, 0.25) is 10.0 Å². The molecule has 3 fully saturated rings. The summed E-state index contributed by atoms with van der Waals surface area (Å²) >= 11 is 0. The molecule has 1 spiro atoms. The van der Waals surface area contributed by atoms with Crippen molar-refractivity contribution in [2.45, 2.75) is 50.0 Å². The van der Waals surface area contributed by atoms with E-state index < -0.39 is 15.6 Å². The maximum atomic E-state index is 12.6. The van der Waals surface area contributed by atoms with Gasteiger partial charge in [0.15, 0.2) is 0 Å². The molecule has 7 heteroatoms. The van der Waals surface area contributed by atoms with E-state index >= 15 is 0 Å². The van der Waals surface area contributed by atoms with Crippen LogP contribution in [0, 0.1) is 5.92 Å². The van der Waals surface area contributed by atoms with Crippen molar-refractivity contribution in [3.05, 3.63) is 0 Å². The van der Waals surface area contributed by atoms with Gasteiger partial charge in [-0.15, -0.1) is 0 Å². The van der Waals surface area contributed by atoms with Crippen LogP contribution >= 0.6 is 0 Å². The molecule has 2 aliphatic heterocycles. The molecule has 0 N–H and O–H groups in total. The van der Waals surface area contributed by atoms with Crippen LogP contribution in [-0.2, 0) is 19.5 Å². The minimum Gasteiger partial charge on any atom is -0.377 e. The van der Waals surface area contributed by atoms with E-state index in [-0.39, 0.29) is 5.25 Å². The molecule has 0 unspecified atom stereocenters. The predicted molar refractivity (Wildman–Crippen MR) is 88.9 cm³/mol. The third-order valence-corrected chi connectivity index (χ3v) is 7.68. The fourth-order valence-corrected chi connectivity index (χ4v) is 5.45. The molecular weight excluding hydrogens is 316 g/mol. The summed E-state index contributed by atoms with van der Waals surface area (Å²) in [7, 11) is -1.04. The second-order valence-electron chi connectivity index (χ2n) is 7.73. The highest BCUT2D eigenvalue weighted by atomic mass is 32.2. The molecular formula is C16H30N2O4S. The fraction of sp³-hybridized carbons (Fsp3) is 1.00. The smallest absolute Gasteiger partial charge is 0.217 e. The zero-order valence-corrected chi connectivity index (χ0v) is 15.3. The van der Waals surface area contributed by atoms with Gasteiger partial charge in [-0.25, -0.2) is 8.42 Å². The van der Waals surface area contributed by atoms with Gasteiger partial charge in [0.1, 0.15) is 5.60 Å². The highest BCUT2D eigenvalue weighted by Crippen LogP contribution is 2.37. The highest BCUT2D eigenvalue weighted by Gasteiger charge is 2.48. The molecule has 0 aromatic rings. The average molecular weight is 346 g/mol. The van der Waals surface area contributed by atoms with Crippen LogP contribution in [0.3, 0.4) is 0 Å². The largest absolute Gasteiger partial charge is 0.377 e. The predicted octanol–water partition coefficient (Wildman–Crippen LogP) is 0.926. The van der Waals surface area contributed by atoms with E-state index in [4.69, 9.17) is 9.47 Å². The molecule has 2 atom stereocenters. The Labute approximate surface area is 140 Å². The van der Waals surface area contributed by atoms with Crippen LogP contribution in [0.2, 0.25) is 0 Å². The van der Waals surface area contributed by atoms with Crippen LogP contribution in [0.25, 0.3) is 0 Å². The first-order valence-corrected chi connectivity index (χ1v) is 10.2. The standard InChI is InChI=1S/C16H30N2O4S/c1-13(2)17(3)9-14-8-16(22-10-14)11-18(6-7-21-12-16)23(19,20)15-4-5-15/h13-15H,4-12H2,1-3H3/t14-,16-/m0/s1. The second kappa shape index (κ2) is 6.59. The SMILES string of the molecule is CC(C)N(C)C[C@H]1CO[C@@]2(COCCN(S(=O)(=O)C3CC3)C2)C1. The maximum absolute atomic E-state index is 12.6. The Morgan fingerprint density at radius 1 is 1.35 bits per heavy atom. The number of rotatable bonds is 5. The van der Waals surface area contributed by atoms with E-state index in [9.17, 15) is 8.42 Å². The Bertz CT molecular complexity index is 520. The van der Waals surface area contributed by atoms with Gasteiger partial charge in [0.05, 0.1) is 25.1 Å². The number of ether oxygens (including phenoxy) is 2. The van der Waals surface area contributed by atoms with Gasteiger partial charge >= 0.3 is 0 Å². The van der Waals surface area contributed by atoms with Crippen LogP contribution < -0.4 is 0 Å². The summed E-state index contributed by atoms with van der Waals surface area (Å²) in [5.74, 6) is 0.439. The van der Waals surface area contributed by atoms with Crippen LogP contribution in [0.5, 0.6) is 0 Å². The molecule has 2 saturated heterocycles. The lowest BCUT2D eigenvalue weighted by Crippen LogP contribution is -2.47. The summed E-state index contributed by atoms with van der Waals surface area (Å²) in [6.45, 7) is 7.93. The van der Waals surface area contributed by atoms with Crippen molar-refractivity contribution in [3.8, 4) is 0 Å². The van der Waals surface area contributed by atoms with Crippen LogP contribution in [0.15, 0.2) is 0 Å². The molecule has 0 amide bonds. The van der Waals surface area contributed by atoms with E-state index in [2.05, 4.69) is 25.8 Å². The minimum atomic E-state index is -3.17. The molecule has 1 saturated carbocycles. The van der Waals surface area contributed by atoms with Crippen LogP contribution in [-0.4, -0.2) is 81.0 Å². The summed E-state index contributed by atoms with van der Waals surface area (Å²) in [6, 6.07) is 0.503. The third kappa shape index (κ3) is 3.90. The molecule has 2 heterocycles. The normalized spacial score (nSPS) is 33.7. The van der Waals surface area contributed by atoms with Crippen molar-refractivity contribution in [3.63, 3.8) is 0 Å². The van der Waals surface area contributed by atoms with Gasteiger partial charge in [0.25, 0.3) is 0 Å². The quantitative estimate of drug-likeness (QED) is 0.741. The lowest BCUT2D eigenvalue weighted by Gasteiger charge is -2.31. The Morgan fingerprint density at radius 2 is 2.09 bits per heavy atom. The van der Waals surface area contributed by atoms with Crippen molar-refractivity contribution in [1.29, 1.82) is 0 Å². The molecule has 0 bridgehead atoms. The topological polar surface area (TPSA) is 59.1 Å². The van der Waals surface area contributed by atoms with Crippen LogP contribution in [0.1, 0.15) is 33.1 Å². The highest BCUT2D eigenvalue weighted by molar-refractivity contribution is 7.90. The fourth-order valence-electron chi connectivity index (χ4n) is 3.55. The molecule has 23 heavy (non-hydrogen) atoms. The average Bonchev–Trinajstić information content (AvgIpc) is 3.28. The van der Waals surface area contributed by atoms with E-state index in [0.29, 0.717) is 44.9 Å². The van der Waals surface area contributed by atoms with Gasteiger partial charge in [-0.1, -0.05) is 0 Å². The van der Waals surface area contributed by atoms with Crippen molar-refractivity contribution >= 4 is 10.0 Å². The molecule has 3 aliphatic rings. The molecule has 6 nitrogen and oxygen atoms in total. The molecule has 0 radical (unpaired) electrons. The molecule has 3 rings (SSSR count). The molecule has 0 aromatic heterocycles. The second-order valence-corrected chi connectivity index (χ2v) is 9.94. The van der Waals surface area contributed by atoms with Crippen molar-refractivity contribution in [2.24, 2.45) is 5.92 Å². The van der Waals surface area contributed by atoms with Gasteiger partial charge in [-0.05, 0) is 46.1 Å². The van der Waals surface area contributed by atoms with E-state index in [0.717, 1.165) is 25.8 Å². The first-order chi connectivity index (χ1) is 10.8. The Morgan fingerprint density at radius 3 is 2.74 bits per heavy atom. The van der Waals surface area contributed by atoms with Crippen molar-refractivity contribution in [2.75, 3.05) is 46.5 Å². The van der Waals surface area contributed by atoms with E-state index in [1.807, 2.05) is 0 Å². The van der Waals surface area contributed by atoms with E-state index in [1.165, 1.54) is 0 Å². The number of sulfonamides is 1. The summed E-state index contributed by atoms with van der Waals surface area (Å²) in [5, 5.41) is -0.165. The Kier molecular flexibility index (Phi) is 5.05. The number of hydrogen-bond donors (Lipinski definition) is 0. The minimum absolute atomic E-state index is 0.165.